The third-order valence-corrected chi connectivity index (χ3v) is 3.48. The summed E-state index contributed by atoms with van der Waals surface area (Å²) in [5.74, 6) is 0.0429. The van der Waals surface area contributed by atoms with E-state index in [0.717, 1.165) is 38.6 Å². The summed E-state index contributed by atoms with van der Waals surface area (Å²) in [4.78, 5) is 11.8. The molecule has 0 radical (unpaired) electrons. The van der Waals surface area contributed by atoms with Gasteiger partial charge in [0, 0.05) is 6.04 Å². The first-order valence-corrected chi connectivity index (χ1v) is 6.94. The fourth-order valence-electron chi connectivity index (χ4n) is 2.35. The molecule has 4 heteroatoms. The standard InChI is InChI=1S/C13H27N3O/c1-15-10-6-5-9-12(14)13(17)16-11-7-3-2-4-8-11/h11-12,15H,2-10,14H2,1H3,(H,16,17)/t12-/m0/s1. The Hall–Kier alpha value is -0.610. The van der Waals surface area contributed by atoms with Crippen LogP contribution in [0.2, 0.25) is 0 Å². The van der Waals surface area contributed by atoms with Crippen molar-refractivity contribution < 1.29 is 4.79 Å². The third-order valence-electron chi connectivity index (χ3n) is 3.48. The maximum Gasteiger partial charge on any atom is 0.237 e. The minimum atomic E-state index is -0.325. The molecular weight excluding hydrogens is 214 g/mol. The van der Waals surface area contributed by atoms with Crippen LogP contribution in [0.15, 0.2) is 0 Å². The van der Waals surface area contributed by atoms with Crippen molar-refractivity contribution in [3.05, 3.63) is 0 Å². The van der Waals surface area contributed by atoms with Crippen molar-refractivity contribution in [1.82, 2.24) is 10.6 Å². The van der Waals surface area contributed by atoms with Crippen LogP contribution in [-0.2, 0) is 4.79 Å². The predicted octanol–water partition coefficient (Wildman–Crippen LogP) is 1.15. The summed E-state index contributed by atoms with van der Waals surface area (Å²) in [6.07, 6.45) is 8.92. The quantitative estimate of drug-likeness (QED) is 0.586. The second kappa shape index (κ2) is 8.48. The monoisotopic (exact) mass is 241 g/mol. The van der Waals surface area contributed by atoms with Crippen molar-refractivity contribution in [2.45, 2.75) is 63.5 Å². The minimum Gasteiger partial charge on any atom is -0.352 e. The van der Waals surface area contributed by atoms with Gasteiger partial charge < -0.3 is 16.4 Å². The molecule has 1 fully saturated rings. The van der Waals surface area contributed by atoms with Gasteiger partial charge in [-0.3, -0.25) is 4.79 Å². The Morgan fingerprint density at radius 3 is 2.65 bits per heavy atom. The van der Waals surface area contributed by atoms with E-state index in [1.807, 2.05) is 7.05 Å². The van der Waals surface area contributed by atoms with Gasteiger partial charge in [0.2, 0.25) is 5.91 Å². The lowest BCUT2D eigenvalue weighted by Gasteiger charge is -2.24. The van der Waals surface area contributed by atoms with Crippen LogP contribution < -0.4 is 16.4 Å². The van der Waals surface area contributed by atoms with E-state index in [0.29, 0.717) is 6.04 Å². The van der Waals surface area contributed by atoms with Crippen LogP contribution in [-0.4, -0.2) is 31.6 Å². The molecule has 1 amide bonds. The van der Waals surface area contributed by atoms with Gasteiger partial charge in [-0.15, -0.1) is 0 Å². The number of rotatable bonds is 7. The molecule has 100 valence electrons. The highest BCUT2D eigenvalue weighted by Gasteiger charge is 2.19. The first-order chi connectivity index (χ1) is 8.24. The van der Waals surface area contributed by atoms with Gasteiger partial charge in [0.15, 0.2) is 0 Å². The molecule has 1 aliphatic carbocycles. The highest BCUT2D eigenvalue weighted by atomic mass is 16.2. The van der Waals surface area contributed by atoms with Crippen LogP contribution in [0.25, 0.3) is 0 Å². The van der Waals surface area contributed by atoms with Crippen molar-refractivity contribution in [2.75, 3.05) is 13.6 Å². The molecule has 0 aromatic carbocycles. The Morgan fingerprint density at radius 1 is 1.29 bits per heavy atom. The van der Waals surface area contributed by atoms with Gasteiger partial charge in [0.25, 0.3) is 0 Å². The molecule has 1 saturated carbocycles. The summed E-state index contributed by atoms with van der Waals surface area (Å²) in [5.41, 5.74) is 5.88. The zero-order valence-electron chi connectivity index (χ0n) is 11.0. The summed E-state index contributed by atoms with van der Waals surface area (Å²) in [6.45, 7) is 0.997. The first kappa shape index (κ1) is 14.5. The zero-order valence-corrected chi connectivity index (χ0v) is 11.0. The summed E-state index contributed by atoms with van der Waals surface area (Å²) in [7, 11) is 1.94. The topological polar surface area (TPSA) is 67.1 Å². The maximum atomic E-state index is 11.8. The number of amides is 1. The van der Waals surface area contributed by atoms with Gasteiger partial charge in [-0.05, 0) is 39.3 Å². The molecule has 0 aromatic heterocycles. The molecule has 0 heterocycles. The summed E-state index contributed by atoms with van der Waals surface area (Å²) < 4.78 is 0. The molecule has 0 bridgehead atoms. The van der Waals surface area contributed by atoms with E-state index in [1.54, 1.807) is 0 Å². The van der Waals surface area contributed by atoms with E-state index in [1.165, 1.54) is 19.3 Å². The molecule has 1 rings (SSSR count). The number of carbonyl (C=O) groups excluding carboxylic acids is 1. The Balaban J connectivity index is 2.12. The van der Waals surface area contributed by atoms with E-state index >= 15 is 0 Å². The minimum absolute atomic E-state index is 0.0429. The normalized spacial score (nSPS) is 18.9. The molecular formula is C13H27N3O. The van der Waals surface area contributed by atoms with Crippen LogP contribution in [0.1, 0.15) is 51.4 Å². The van der Waals surface area contributed by atoms with Crippen molar-refractivity contribution >= 4 is 5.91 Å². The molecule has 0 unspecified atom stereocenters. The molecule has 1 atom stereocenters. The molecule has 0 aliphatic heterocycles. The summed E-state index contributed by atoms with van der Waals surface area (Å²) in [6, 6.07) is 0.0494. The van der Waals surface area contributed by atoms with Crippen LogP contribution in [0, 0.1) is 0 Å². The van der Waals surface area contributed by atoms with Gasteiger partial charge in [0.05, 0.1) is 6.04 Å². The second-order valence-electron chi connectivity index (χ2n) is 5.05. The van der Waals surface area contributed by atoms with E-state index < -0.39 is 0 Å². The average Bonchev–Trinajstić information content (AvgIpc) is 2.35. The number of carbonyl (C=O) groups is 1. The molecule has 4 N–H and O–H groups in total. The highest BCUT2D eigenvalue weighted by Crippen LogP contribution is 2.17. The largest absolute Gasteiger partial charge is 0.352 e. The van der Waals surface area contributed by atoms with Gasteiger partial charge in [0.1, 0.15) is 0 Å². The Kier molecular flexibility index (Phi) is 7.21. The molecule has 0 saturated heterocycles. The third kappa shape index (κ3) is 6.03. The molecule has 1 aliphatic rings. The lowest BCUT2D eigenvalue weighted by atomic mass is 9.95. The number of unbranched alkanes of at least 4 members (excludes halogenated alkanes) is 1. The van der Waals surface area contributed by atoms with Gasteiger partial charge in [-0.2, -0.15) is 0 Å². The predicted molar refractivity (Wildman–Crippen MR) is 70.8 cm³/mol. The van der Waals surface area contributed by atoms with Gasteiger partial charge >= 0.3 is 0 Å². The van der Waals surface area contributed by atoms with E-state index in [2.05, 4.69) is 10.6 Å². The van der Waals surface area contributed by atoms with E-state index in [4.69, 9.17) is 5.73 Å². The Labute approximate surface area is 105 Å². The van der Waals surface area contributed by atoms with Crippen LogP contribution >= 0.6 is 0 Å². The molecule has 0 spiro atoms. The van der Waals surface area contributed by atoms with E-state index in [9.17, 15) is 4.79 Å². The summed E-state index contributed by atoms with van der Waals surface area (Å²) in [5, 5.41) is 6.17. The average molecular weight is 241 g/mol. The number of nitrogens with two attached hydrogens (primary N) is 1. The molecule has 0 aromatic rings. The first-order valence-electron chi connectivity index (χ1n) is 6.94. The molecule has 17 heavy (non-hydrogen) atoms. The van der Waals surface area contributed by atoms with Gasteiger partial charge in [-0.25, -0.2) is 0 Å². The second-order valence-corrected chi connectivity index (χ2v) is 5.05. The van der Waals surface area contributed by atoms with Crippen LogP contribution in [0.4, 0.5) is 0 Å². The summed E-state index contributed by atoms with van der Waals surface area (Å²) >= 11 is 0. The number of nitrogens with one attached hydrogen (secondary N) is 2. The SMILES string of the molecule is CNCCCC[C@H](N)C(=O)NC1CCCCC1. The van der Waals surface area contributed by atoms with E-state index in [-0.39, 0.29) is 11.9 Å². The van der Waals surface area contributed by atoms with Crippen molar-refractivity contribution in [2.24, 2.45) is 5.73 Å². The molecule has 4 nitrogen and oxygen atoms in total. The Bertz CT molecular complexity index is 215. The fraction of sp³-hybridized carbons (Fsp3) is 0.923. The van der Waals surface area contributed by atoms with Gasteiger partial charge in [-0.1, -0.05) is 25.7 Å². The smallest absolute Gasteiger partial charge is 0.237 e. The van der Waals surface area contributed by atoms with Crippen molar-refractivity contribution in [3.63, 3.8) is 0 Å². The lowest BCUT2D eigenvalue weighted by Crippen LogP contribution is -2.45. The van der Waals surface area contributed by atoms with Crippen molar-refractivity contribution in [3.8, 4) is 0 Å². The highest BCUT2D eigenvalue weighted by molar-refractivity contribution is 5.81. The zero-order chi connectivity index (χ0) is 12.5. The lowest BCUT2D eigenvalue weighted by molar-refractivity contribution is -0.123. The fourth-order valence-corrected chi connectivity index (χ4v) is 2.35. The Morgan fingerprint density at radius 2 is 2.00 bits per heavy atom. The number of hydrogen-bond acceptors (Lipinski definition) is 3. The van der Waals surface area contributed by atoms with Crippen LogP contribution in [0.5, 0.6) is 0 Å². The van der Waals surface area contributed by atoms with Crippen molar-refractivity contribution in [1.29, 1.82) is 0 Å². The maximum absolute atomic E-state index is 11.8. The van der Waals surface area contributed by atoms with Crippen LogP contribution in [0.3, 0.4) is 0 Å². The number of hydrogen-bond donors (Lipinski definition) is 3.